The molecule has 1 atom stereocenters. The Kier molecular flexibility index (Phi) is 4.46. The average molecular weight is 328 g/mol. The number of aryl methyl sites for hydroxylation is 1. The molecule has 0 radical (unpaired) electrons. The summed E-state index contributed by atoms with van der Waals surface area (Å²) < 4.78 is 18.1. The number of nitrogens with zero attached hydrogens (tertiary/aromatic N) is 1. The topological polar surface area (TPSA) is 58.6 Å². The van der Waals surface area contributed by atoms with E-state index in [1.54, 1.807) is 4.90 Å². The van der Waals surface area contributed by atoms with Gasteiger partial charge in [0.05, 0.1) is 13.1 Å². The standard InChI is InChI=1S/C18H17FN2O3/c1-12-3-2-4-15(9-12)21-11-16(24-18(21)23)10-20-17(22)13-5-7-14(19)8-6-13/h2-9,16H,10-11H2,1H3,(H,20,22). The van der Waals surface area contributed by atoms with Gasteiger partial charge in [0, 0.05) is 11.3 Å². The van der Waals surface area contributed by atoms with Gasteiger partial charge in [-0.15, -0.1) is 0 Å². The molecule has 2 aromatic rings. The van der Waals surface area contributed by atoms with Crippen molar-refractivity contribution >= 4 is 17.7 Å². The molecule has 1 N–H and O–H groups in total. The van der Waals surface area contributed by atoms with E-state index in [1.165, 1.54) is 24.3 Å². The maximum absolute atomic E-state index is 12.9. The van der Waals surface area contributed by atoms with Crippen LogP contribution in [0.5, 0.6) is 0 Å². The zero-order chi connectivity index (χ0) is 17.1. The lowest BCUT2D eigenvalue weighted by molar-refractivity contribution is 0.0916. The molecule has 3 rings (SSSR count). The number of ether oxygens (including phenoxy) is 1. The minimum absolute atomic E-state index is 0.199. The van der Waals surface area contributed by atoms with Crippen molar-refractivity contribution in [3.8, 4) is 0 Å². The van der Waals surface area contributed by atoms with Crippen LogP contribution in [-0.4, -0.2) is 31.2 Å². The molecule has 24 heavy (non-hydrogen) atoms. The van der Waals surface area contributed by atoms with Gasteiger partial charge in [-0.1, -0.05) is 12.1 Å². The van der Waals surface area contributed by atoms with E-state index in [1.807, 2.05) is 31.2 Å². The highest BCUT2D eigenvalue weighted by atomic mass is 19.1. The first-order valence-corrected chi connectivity index (χ1v) is 7.61. The number of nitrogens with one attached hydrogen (secondary N) is 1. The van der Waals surface area contributed by atoms with Crippen molar-refractivity contribution in [3.63, 3.8) is 0 Å². The first-order chi connectivity index (χ1) is 11.5. The van der Waals surface area contributed by atoms with Crippen LogP contribution in [0.15, 0.2) is 48.5 Å². The summed E-state index contributed by atoms with van der Waals surface area (Å²) in [6.45, 7) is 2.52. The lowest BCUT2D eigenvalue weighted by Gasteiger charge is -2.13. The van der Waals surface area contributed by atoms with Gasteiger partial charge < -0.3 is 10.1 Å². The van der Waals surface area contributed by atoms with E-state index < -0.39 is 18.0 Å². The summed E-state index contributed by atoms with van der Waals surface area (Å²) in [5.74, 6) is -0.731. The van der Waals surface area contributed by atoms with Crippen molar-refractivity contribution < 1.29 is 18.7 Å². The van der Waals surface area contributed by atoms with Crippen molar-refractivity contribution in [2.24, 2.45) is 0 Å². The summed E-state index contributed by atoms with van der Waals surface area (Å²) in [5, 5.41) is 2.70. The number of hydrogen-bond donors (Lipinski definition) is 1. The highest BCUT2D eigenvalue weighted by Crippen LogP contribution is 2.22. The number of rotatable bonds is 4. The largest absolute Gasteiger partial charge is 0.442 e. The minimum Gasteiger partial charge on any atom is -0.442 e. The van der Waals surface area contributed by atoms with Gasteiger partial charge >= 0.3 is 6.09 Å². The minimum atomic E-state index is -0.429. The van der Waals surface area contributed by atoms with E-state index in [0.717, 1.165) is 11.3 Å². The highest BCUT2D eigenvalue weighted by molar-refractivity contribution is 5.94. The maximum Gasteiger partial charge on any atom is 0.414 e. The SMILES string of the molecule is Cc1cccc(N2CC(CNC(=O)c3ccc(F)cc3)OC2=O)c1. The lowest BCUT2D eigenvalue weighted by Crippen LogP contribution is -2.34. The van der Waals surface area contributed by atoms with Crippen LogP contribution in [0.4, 0.5) is 14.9 Å². The summed E-state index contributed by atoms with van der Waals surface area (Å²) in [5.41, 5.74) is 2.18. The third-order valence-electron chi connectivity index (χ3n) is 3.78. The molecule has 0 bridgehead atoms. The average Bonchev–Trinajstić information content (AvgIpc) is 2.94. The summed E-state index contributed by atoms with van der Waals surface area (Å²) in [7, 11) is 0. The first-order valence-electron chi connectivity index (χ1n) is 7.61. The molecule has 0 aromatic heterocycles. The van der Waals surface area contributed by atoms with Crippen LogP contribution >= 0.6 is 0 Å². The van der Waals surface area contributed by atoms with Gasteiger partial charge in [-0.05, 0) is 48.9 Å². The van der Waals surface area contributed by atoms with Crippen LogP contribution in [0.25, 0.3) is 0 Å². The molecule has 1 saturated heterocycles. The maximum atomic E-state index is 12.9. The number of cyclic esters (lactones) is 1. The molecular formula is C18H17FN2O3. The molecule has 0 spiro atoms. The second-order valence-electron chi connectivity index (χ2n) is 5.67. The van der Waals surface area contributed by atoms with E-state index in [9.17, 15) is 14.0 Å². The van der Waals surface area contributed by atoms with Crippen molar-refractivity contribution in [2.75, 3.05) is 18.0 Å². The van der Waals surface area contributed by atoms with Crippen LogP contribution in [-0.2, 0) is 4.74 Å². The fourth-order valence-corrected chi connectivity index (χ4v) is 2.54. The third kappa shape index (κ3) is 3.53. The Balaban J connectivity index is 1.58. The molecule has 2 amide bonds. The summed E-state index contributed by atoms with van der Waals surface area (Å²) >= 11 is 0. The van der Waals surface area contributed by atoms with E-state index in [-0.39, 0.29) is 12.5 Å². The highest BCUT2D eigenvalue weighted by Gasteiger charge is 2.32. The zero-order valence-electron chi connectivity index (χ0n) is 13.2. The lowest BCUT2D eigenvalue weighted by atomic mass is 10.2. The van der Waals surface area contributed by atoms with Crippen molar-refractivity contribution in [1.29, 1.82) is 0 Å². The van der Waals surface area contributed by atoms with E-state index in [0.29, 0.717) is 12.1 Å². The number of amides is 2. The molecule has 5 nitrogen and oxygen atoms in total. The van der Waals surface area contributed by atoms with Gasteiger partial charge in [0.2, 0.25) is 0 Å². The van der Waals surface area contributed by atoms with Gasteiger partial charge in [-0.3, -0.25) is 9.69 Å². The van der Waals surface area contributed by atoms with E-state index >= 15 is 0 Å². The Labute approximate surface area is 139 Å². The quantitative estimate of drug-likeness (QED) is 0.939. The Hall–Kier alpha value is -2.89. The Morgan fingerprint density at radius 3 is 2.75 bits per heavy atom. The Bertz CT molecular complexity index is 761. The molecule has 0 aliphatic carbocycles. The Morgan fingerprint density at radius 1 is 1.29 bits per heavy atom. The molecule has 1 aliphatic heterocycles. The van der Waals surface area contributed by atoms with Crippen molar-refractivity contribution in [1.82, 2.24) is 5.32 Å². The fraction of sp³-hybridized carbons (Fsp3) is 0.222. The second-order valence-corrected chi connectivity index (χ2v) is 5.67. The fourth-order valence-electron chi connectivity index (χ4n) is 2.54. The number of carbonyl (C=O) groups excluding carboxylic acids is 2. The van der Waals surface area contributed by atoms with Crippen molar-refractivity contribution in [2.45, 2.75) is 13.0 Å². The summed E-state index contributed by atoms with van der Waals surface area (Å²) in [6.07, 6.45) is -0.857. The third-order valence-corrected chi connectivity index (χ3v) is 3.78. The smallest absolute Gasteiger partial charge is 0.414 e. The normalized spacial score (nSPS) is 16.8. The number of benzene rings is 2. The summed E-state index contributed by atoms with van der Waals surface area (Å²) in [4.78, 5) is 25.5. The Morgan fingerprint density at radius 2 is 2.04 bits per heavy atom. The first kappa shape index (κ1) is 16.0. The van der Waals surface area contributed by atoms with Crippen LogP contribution in [0.1, 0.15) is 15.9 Å². The van der Waals surface area contributed by atoms with E-state index in [2.05, 4.69) is 5.32 Å². The molecule has 1 fully saturated rings. The van der Waals surface area contributed by atoms with Gasteiger partial charge in [-0.25, -0.2) is 9.18 Å². The molecule has 1 unspecified atom stereocenters. The molecule has 124 valence electrons. The van der Waals surface area contributed by atoms with Gasteiger partial charge in [0.15, 0.2) is 0 Å². The van der Waals surface area contributed by atoms with Crippen LogP contribution in [0, 0.1) is 12.7 Å². The van der Waals surface area contributed by atoms with Crippen LogP contribution in [0.3, 0.4) is 0 Å². The molecule has 0 saturated carbocycles. The molecule has 1 aliphatic rings. The van der Waals surface area contributed by atoms with Gasteiger partial charge in [-0.2, -0.15) is 0 Å². The number of carbonyl (C=O) groups is 2. The number of halogens is 1. The van der Waals surface area contributed by atoms with Crippen LogP contribution < -0.4 is 10.2 Å². The monoisotopic (exact) mass is 328 g/mol. The predicted octanol–water partition coefficient (Wildman–Crippen LogP) is 2.89. The molecule has 1 heterocycles. The number of hydrogen-bond acceptors (Lipinski definition) is 3. The second kappa shape index (κ2) is 6.70. The molecule has 2 aromatic carbocycles. The number of anilines is 1. The van der Waals surface area contributed by atoms with Crippen LogP contribution in [0.2, 0.25) is 0 Å². The van der Waals surface area contributed by atoms with Crippen molar-refractivity contribution in [3.05, 3.63) is 65.5 Å². The van der Waals surface area contributed by atoms with Gasteiger partial charge in [0.1, 0.15) is 11.9 Å². The zero-order valence-corrected chi connectivity index (χ0v) is 13.2. The predicted molar refractivity (Wildman–Crippen MR) is 87.5 cm³/mol. The van der Waals surface area contributed by atoms with E-state index in [4.69, 9.17) is 4.74 Å². The van der Waals surface area contributed by atoms with Gasteiger partial charge in [0.25, 0.3) is 5.91 Å². The molecular weight excluding hydrogens is 311 g/mol. The summed E-state index contributed by atoms with van der Waals surface area (Å²) in [6, 6.07) is 12.8. The molecule has 6 heteroatoms.